The van der Waals surface area contributed by atoms with Crippen LogP contribution in [0.3, 0.4) is 0 Å². The predicted octanol–water partition coefficient (Wildman–Crippen LogP) is 1.44. The second kappa shape index (κ2) is 4.95. The average molecular weight is 317 g/mol. The van der Waals surface area contributed by atoms with Crippen LogP contribution in [0.1, 0.15) is 0 Å². The molecule has 12 heteroatoms. The summed E-state index contributed by atoms with van der Waals surface area (Å²) in [6.07, 6.45) is 0. The Labute approximate surface area is 106 Å². The van der Waals surface area contributed by atoms with Gasteiger partial charge in [-0.2, -0.15) is 0 Å². The van der Waals surface area contributed by atoms with Gasteiger partial charge < -0.3 is 0 Å². The molecule has 0 aromatic rings. The van der Waals surface area contributed by atoms with Crippen molar-refractivity contribution in [3.63, 3.8) is 0 Å². The van der Waals surface area contributed by atoms with Crippen LogP contribution in [-0.4, -0.2) is 48.8 Å². The second-order valence-corrected chi connectivity index (χ2v) is 10.3. The molecule has 3 fully saturated rings. The van der Waals surface area contributed by atoms with Gasteiger partial charge in [-0.05, 0) is 0 Å². The fourth-order valence-electron chi connectivity index (χ4n) is 2.02. The van der Waals surface area contributed by atoms with Gasteiger partial charge >= 0.3 is 106 Å². The molecule has 2 unspecified atom stereocenters. The molecule has 0 radical (unpaired) electrons. The molecule has 4 aliphatic rings. The summed E-state index contributed by atoms with van der Waals surface area (Å²) >= 11 is 0. The maximum atomic E-state index is 5.93. The third-order valence-electron chi connectivity index (χ3n) is 2.70. The SMILES string of the molecule is C1COP2N=[PH]3OCCO[PH]4(OCCON34)N2O1. The van der Waals surface area contributed by atoms with E-state index >= 15 is 0 Å². The van der Waals surface area contributed by atoms with E-state index in [1.165, 1.54) is 0 Å². The molecule has 3 saturated heterocycles. The van der Waals surface area contributed by atoms with Crippen molar-refractivity contribution >= 4 is 24.6 Å². The monoisotopic (exact) mass is 317 g/mol. The summed E-state index contributed by atoms with van der Waals surface area (Å²) in [6.45, 7) is 2.93. The average Bonchev–Trinajstić information content (AvgIpc) is 2.56. The van der Waals surface area contributed by atoms with E-state index in [9.17, 15) is 0 Å². The Kier molecular flexibility index (Phi) is 3.44. The molecule has 2 atom stereocenters. The van der Waals surface area contributed by atoms with Gasteiger partial charge in [0, 0.05) is 0 Å². The van der Waals surface area contributed by atoms with E-state index in [0.717, 1.165) is 0 Å². The molecule has 0 N–H and O–H groups in total. The molecule has 0 aromatic heterocycles. The van der Waals surface area contributed by atoms with E-state index in [1.807, 2.05) is 0 Å². The molecule has 0 aromatic carbocycles. The molecule has 4 rings (SSSR count). The van der Waals surface area contributed by atoms with Crippen LogP contribution >= 0.6 is 24.6 Å². The van der Waals surface area contributed by atoms with Gasteiger partial charge in [-0.25, -0.2) is 0 Å². The van der Waals surface area contributed by atoms with Crippen LogP contribution in [-0.2, 0) is 27.8 Å². The van der Waals surface area contributed by atoms with Crippen molar-refractivity contribution < 1.29 is 27.8 Å². The Morgan fingerprint density at radius 1 is 1.00 bits per heavy atom. The number of hydrogen-bond acceptors (Lipinski definition) is 9. The van der Waals surface area contributed by atoms with Crippen LogP contribution in [0.5, 0.6) is 0 Å². The first-order chi connectivity index (χ1) is 8.90. The van der Waals surface area contributed by atoms with Crippen molar-refractivity contribution in [2.24, 2.45) is 4.52 Å². The summed E-state index contributed by atoms with van der Waals surface area (Å²) in [5.74, 6) is 0. The zero-order valence-electron chi connectivity index (χ0n) is 9.48. The molecule has 4 aliphatic heterocycles. The Morgan fingerprint density at radius 3 is 2.78 bits per heavy atom. The van der Waals surface area contributed by atoms with E-state index in [1.54, 1.807) is 9.21 Å². The van der Waals surface area contributed by atoms with Crippen LogP contribution in [0.4, 0.5) is 0 Å². The van der Waals surface area contributed by atoms with E-state index in [0.29, 0.717) is 39.6 Å². The molecule has 9 nitrogen and oxygen atoms in total. The zero-order chi connectivity index (χ0) is 12.0. The first-order valence-electron chi connectivity index (χ1n) is 5.69. The molecule has 4 heterocycles. The Balaban J connectivity index is 1.79. The maximum absolute atomic E-state index is 5.93. The number of rotatable bonds is 0. The first-order valence-corrected chi connectivity index (χ1v) is 9.87. The van der Waals surface area contributed by atoms with Crippen LogP contribution in [0.2, 0.25) is 0 Å². The Bertz CT molecular complexity index is 388. The zero-order valence-corrected chi connectivity index (χ0v) is 12.4. The fraction of sp³-hybridized carbons (Fsp3) is 1.00. The predicted molar refractivity (Wildman–Crippen MR) is 65.4 cm³/mol. The molecular weight excluding hydrogens is 303 g/mol. The summed E-state index contributed by atoms with van der Waals surface area (Å²) in [6, 6.07) is 0. The van der Waals surface area contributed by atoms with Crippen molar-refractivity contribution in [1.82, 2.24) is 9.21 Å². The van der Waals surface area contributed by atoms with Gasteiger partial charge in [0.1, 0.15) is 0 Å². The van der Waals surface area contributed by atoms with Crippen molar-refractivity contribution in [3.05, 3.63) is 0 Å². The molecule has 18 heavy (non-hydrogen) atoms. The van der Waals surface area contributed by atoms with Gasteiger partial charge in [0.15, 0.2) is 0 Å². The second-order valence-electron chi connectivity index (χ2n) is 3.80. The molecular formula is C6H14N3O6P3. The van der Waals surface area contributed by atoms with Gasteiger partial charge in [0.2, 0.25) is 0 Å². The summed E-state index contributed by atoms with van der Waals surface area (Å²) in [7, 11) is -5.74. The third-order valence-corrected chi connectivity index (χ3v) is 11.0. The van der Waals surface area contributed by atoms with Crippen LogP contribution in [0.15, 0.2) is 4.52 Å². The number of nitrogens with zero attached hydrogens (tertiary/aromatic N) is 3. The Hall–Kier alpha value is 0.770. The normalized spacial score (nSPS) is 42.0. The standard InChI is InChI=1S/C6H14N3O6P3/c1-3-12-16-7-17-9-11-2-5-14-18(9,8(16)10-1)15-6-4-13-17/h17-18H,1-6H2. The Morgan fingerprint density at radius 2 is 1.83 bits per heavy atom. The van der Waals surface area contributed by atoms with E-state index in [-0.39, 0.29) is 0 Å². The summed E-state index contributed by atoms with van der Waals surface area (Å²) in [4.78, 5) is 11.4. The fourth-order valence-corrected chi connectivity index (χ4v) is 11.2. The van der Waals surface area contributed by atoms with Gasteiger partial charge in [0.25, 0.3) is 0 Å². The van der Waals surface area contributed by atoms with Crippen LogP contribution < -0.4 is 0 Å². The van der Waals surface area contributed by atoms with Gasteiger partial charge in [-0.15, -0.1) is 0 Å². The first kappa shape index (κ1) is 12.5. The summed E-state index contributed by atoms with van der Waals surface area (Å²) in [5, 5.41) is 0. The quantitative estimate of drug-likeness (QED) is 0.621. The summed E-state index contributed by atoms with van der Waals surface area (Å²) < 4.78 is 31.2. The van der Waals surface area contributed by atoms with Crippen LogP contribution in [0, 0.1) is 0 Å². The van der Waals surface area contributed by atoms with Crippen molar-refractivity contribution in [2.75, 3.05) is 39.6 Å². The number of hydrogen-bond donors (Lipinski definition) is 0. The molecule has 104 valence electrons. The van der Waals surface area contributed by atoms with E-state index in [2.05, 4.69) is 4.52 Å². The molecule has 2 bridgehead atoms. The molecule has 0 spiro atoms. The van der Waals surface area contributed by atoms with Gasteiger partial charge in [0.05, 0.1) is 0 Å². The van der Waals surface area contributed by atoms with Crippen molar-refractivity contribution in [2.45, 2.75) is 0 Å². The van der Waals surface area contributed by atoms with E-state index < -0.39 is 24.6 Å². The summed E-state index contributed by atoms with van der Waals surface area (Å²) in [5.41, 5.74) is 0. The van der Waals surface area contributed by atoms with E-state index in [4.69, 9.17) is 27.8 Å². The number of fused-ring (bicyclic) bond motifs is 1. The minimum atomic E-state index is -2.91. The molecule has 0 aliphatic carbocycles. The molecule has 0 amide bonds. The third kappa shape index (κ3) is 1.83. The minimum absolute atomic E-state index is 0.457. The van der Waals surface area contributed by atoms with Crippen molar-refractivity contribution in [1.29, 1.82) is 0 Å². The van der Waals surface area contributed by atoms with Gasteiger partial charge in [-0.1, -0.05) is 0 Å². The molecule has 0 saturated carbocycles. The topological polar surface area (TPSA) is 74.2 Å². The van der Waals surface area contributed by atoms with Crippen LogP contribution in [0.25, 0.3) is 0 Å². The van der Waals surface area contributed by atoms with Crippen molar-refractivity contribution in [3.8, 4) is 0 Å². The van der Waals surface area contributed by atoms with Gasteiger partial charge in [-0.3, -0.25) is 0 Å².